The summed E-state index contributed by atoms with van der Waals surface area (Å²) in [5.41, 5.74) is 5.39. The van der Waals surface area contributed by atoms with Gasteiger partial charge < -0.3 is 19.9 Å². The Hall–Kier alpha value is -3.56. The van der Waals surface area contributed by atoms with E-state index in [9.17, 15) is 14.4 Å². The van der Waals surface area contributed by atoms with E-state index in [1.165, 1.54) is 11.6 Å². The summed E-state index contributed by atoms with van der Waals surface area (Å²) < 4.78 is 9.43. The Balaban J connectivity index is 2.03. The van der Waals surface area contributed by atoms with E-state index in [0.717, 1.165) is 10.3 Å². The number of nitrogens with zero attached hydrogens (tertiary/aromatic N) is 5. The summed E-state index contributed by atoms with van der Waals surface area (Å²) in [4.78, 5) is 43.7. The minimum absolute atomic E-state index is 0.200. The molecule has 29 heavy (non-hydrogen) atoms. The van der Waals surface area contributed by atoms with Crippen molar-refractivity contribution >= 4 is 28.7 Å². The number of imidazole rings is 1. The van der Waals surface area contributed by atoms with Gasteiger partial charge >= 0.3 is 5.69 Å². The molecule has 0 saturated heterocycles. The Kier molecular flexibility index (Phi) is 4.40. The number of rotatable bonds is 4. The van der Waals surface area contributed by atoms with E-state index in [0.29, 0.717) is 24.8 Å². The first-order chi connectivity index (χ1) is 13.8. The minimum atomic E-state index is -0.758. The third-order valence-electron chi connectivity index (χ3n) is 5.13. The first kappa shape index (κ1) is 18.8. The van der Waals surface area contributed by atoms with E-state index in [4.69, 9.17) is 10.5 Å². The summed E-state index contributed by atoms with van der Waals surface area (Å²) in [5, 5.41) is 0. The van der Waals surface area contributed by atoms with Crippen molar-refractivity contribution in [3.8, 4) is 5.75 Å². The molecule has 1 unspecified atom stereocenters. The topological polar surface area (TPSA) is 117 Å². The van der Waals surface area contributed by atoms with Crippen molar-refractivity contribution in [3.63, 3.8) is 0 Å². The Labute approximate surface area is 165 Å². The Morgan fingerprint density at radius 1 is 1.28 bits per heavy atom. The molecule has 4 rings (SSSR count). The van der Waals surface area contributed by atoms with Crippen LogP contribution in [0.2, 0.25) is 0 Å². The monoisotopic (exact) mass is 398 g/mol. The number of aromatic nitrogens is 4. The number of hydrogen-bond acceptors (Lipinski definition) is 6. The lowest BCUT2D eigenvalue weighted by molar-refractivity contribution is -0.118. The molecule has 3 heterocycles. The zero-order chi connectivity index (χ0) is 20.9. The lowest BCUT2D eigenvalue weighted by atomic mass is 10.1. The first-order valence-corrected chi connectivity index (χ1v) is 9.22. The number of ether oxygens (including phenoxy) is 1. The van der Waals surface area contributed by atoms with Crippen LogP contribution >= 0.6 is 0 Å². The van der Waals surface area contributed by atoms with Crippen LogP contribution in [-0.4, -0.2) is 38.2 Å². The fraction of sp³-hybridized carbons (Fsp3) is 0.368. The molecule has 0 spiro atoms. The molecule has 152 valence electrons. The van der Waals surface area contributed by atoms with Crippen molar-refractivity contribution in [2.75, 3.05) is 18.6 Å². The van der Waals surface area contributed by atoms with Crippen molar-refractivity contribution in [2.45, 2.75) is 20.0 Å². The van der Waals surface area contributed by atoms with Gasteiger partial charge in [0, 0.05) is 20.1 Å². The van der Waals surface area contributed by atoms with Crippen LogP contribution in [0.15, 0.2) is 33.9 Å². The molecule has 10 nitrogen and oxygen atoms in total. The summed E-state index contributed by atoms with van der Waals surface area (Å²) >= 11 is 0. The zero-order valence-corrected chi connectivity index (χ0v) is 16.5. The molecule has 1 atom stereocenters. The lowest BCUT2D eigenvalue weighted by Gasteiger charge is -2.33. The largest absolute Gasteiger partial charge is 0.495 e. The summed E-state index contributed by atoms with van der Waals surface area (Å²) in [5.74, 6) is 0.670. The van der Waals surface area contributed by atoms with Crippen molar-refractivity contribution in [3.05, 3.63) is 45.1 Å². The molecule has 1 amide bonds. The molecule has 0 aliphatic carbocycles. The average molecular weight is 398 g/mol. The number of methoxy groups -OCH3 is 1. The van der Waals surface area contributed by atoms with Crippen molar-refractivity contribution in [1.82, 2.24) is 18.7 Å². The van der Waals surface area contributed by atoms with E-state index in [1.807, 2.05) is 29.2 Å². The molecule has 0 fully saturated rings. The third-order valence-corrected chi connectivity index (χ3v) is 5.13. The van der Waals surface area contributed by atoms with Crippen LogP contribution in [0.5, 0.6) is 5.75 Å². The van der Waals surface area contributed by atoms with E-state index >= 15 is 0 Å². The highest BCUT2D eigenvalue weighted by molar-refractivity contribution is 5.79. The smallest absolute Gasteiger partial charge is 0.332 e. The Bertz CT molecular complexity index is 1240. The maximum Gasteiger partial charge on any atom is 0.332 e. The van der Waals surface area contributed by atoms with Crippen LogP contribution < -0.4 is 26.6 Å². The summed E-state index contributed by atoms with van der Waals surface area (Å²) in [6, 6.07) is 7.56. The first-order valence-electron chi connectivity index (χ1n) is 9.22. The predicted molar refractivity (Wildman–Crippen MR) is 108 cm³/mol. The molecule has 1 aliphatic rings. The van der Waals surface area contributed by atoms with Gasteiger partial charge in [-0.05, 0) is 18.1 Å². The van der Waals surface area contributed by atoms with E-state index in [1.54, 1.807) is 11.7 Å². The highest BCUT2D eigenvalue weighted by Crippen LogP contribution is 2.37. The average Bonchev–Trinajstić information content (AvgIpc) is 3.08. The zero-order valence-electron chi connectivity index (χ0n) is 16.5. The van der Waals surface area contributed by atoms with E-state index in [-0.39, 0.29) is 17.1 Å². The quantitative estimate of drug-likeness (QED) is 0.670. The van der Waals surface area contributed by atoms with Crippen LogP contribution in [0.4, 0.5) is 11.6 Å². The van der Waals surface area contributed by atoms with Crippen LogP contribution in [0.1, 0.15) is 6.92 Å². The van der Waals surface area contributed by atoms with Gasteiger partial charge in [-0.3, -0.25) is 14.2 Å². The van der Waals surface area contributed by atoms with Crippen molar-refractivity contribution in [2.24, 2.45) is 18.7 Å². The number of amides is 1. The number of hydrogen-bond donors (Lipinski definition) is 1. The fourth-order valence-corrected chi connectivity index (χ4v) is 3.86. The summed E-state index contributed by atoms with van der Waals surface area (Å²) in [6.45, 7) is 2.82. The van der Waals surface area contributed by atoms with E-state index in [2.05, 4.69) is 11.9 Å². The molecular weight excluding hydrogens is 376 g/mol. The summed E-state index contributed by atoms with van der Waals surface area (Å²) in [6.07, 6.45) is 0. The van der Waals surface area contributed by atoms with Crippen LogP contribution in [0.3, 0.4) is 0 Å². The molecule has 0 saturated carbocycles. The molecule has 0 bridgehead atoms. The molecule has 2 aromatic heterocycles. The van der Waals surface area contributed by atoms with Crippen molar-refractivity contribution in [1.29, 1.82) is 0 Å². The summed E-state index contributed by atoms with van der Waals surface area (Å²) in [7, 11) is 3.12. The number of benzene rings is 1. The molecule has 0 radical (unpaired) electrons. The van der Waals surface area contributed by atoms with Gasteiger partial charge in [0.1, 0.15) is 12.3 Å². The number of para-hydroxylation sites is 2. The van der Waals surface area contributed by atoms with Gasteiger partial charge in [-0.15, -0.1) is 0 Å². The van der Waals surface area contributed by atoms with Gasteiger partial charge in [0.2, 0.25) is 11.9 Å². The number of carbonyl (C=O) groups is 1. The molecule has 1 aromatic carbocycles. The highest BCUT2D eigenvalue weighted by atomic mass is 16.5. The van der Waals surface area contributed by atoms with Gasteiger partial charge in [-0.25, -0.2) is 9.36 Å². The normalized spacial score (nSPS) is 16.1. The van der Waals surface area contributed by atoms with Gasteiger partial charge in [-0.2, -0.15) is 4.98 Å². The standard InChI is InChI=1S/C19H22N6O4/c1-11-8-23(12-6-4-5-7-13(12)29-3)18-21-16-15(24(18)9-11)17(27)25(10-14(20)26)19(28)22(16)2/h4-7,11H,8-10H2,1-3H3,(H2,20,26). The SMILES string of the molecule is COc1ccccc1N1CC(C)Cn2c1nc1c2c(=O)n(CC(N)=O)c(=O)n1C. The van der Waals surface area contributed by atoms with Crippen LogP contribution in [0.25, 0.3) is 11.2 Å². The van der Waals surface area contributed by atoms with Crippen LogP contribution in [0, 0.1) is 5.92 Å². The second-order valence-corrected chi connectivity index (χ2v) is 7.28. The Morgan fingerprint density at radius 2 is 2.00 bits per heavy atom. The van der Waals surface area contributed by atoms with Gasteiger partial charge in [-0.1, -0.05) is 19.1 Å². The third kappa shape index (κ3) is 2.87. The molecular formula is C19H22N6O4. The maximum absolute atomic E-state index is 13.1. The second-order valence-electron chi connectivity index (χ2n) is 7.28. The number of aryl methyl sites for hydroxylation is 1. The van der Waals surface area contributed by atoms with Gasteiger partial charge in [0.25, 0.3) is 5.56 Å². The number of nitrogens with two attached hydrogens (primary N) is 1. The van der Waals surface area contributed by atoms with Gasteiger partial charge in [0.05, 0.1) is 12.8 Å². The van der Waals surface area contributed by atoms with Crippen molar-refractivity contribution < 1.29 is 9.53 Å². The van der Waals surface area contributed by atoms with Crippen LogP contribution in [-0.2, 0) is 24.9 Å². The lowest BCUT2D eigenvalue weighted by Crippen LogP contribution is -2.43. The van der Waals surface area contributed by atoms with E-state index < -0.39 is 23.7 Å². The maximum atomic E-state index is 13.1. The number of fused-ring (bicyclic) bond motifs is 3. The predicted octanol–water partition coefficient (Wildman–Crippen LogP) is 0.178. The number of primary amides is 1. The van der Waals surface area contributed by atoms with Gasteiger partial charge in [0.15, 0.2) is 11.2 Å². The minimum Gasteiger partial charge on any atom is -0.495 e. The molecule has 10 heteroatoms. The second kappa shape index (κ2) is 6.80. The highest BCUT2D eigenvalue weighted by Gasteiger charge is 2.31. The number of carbonyl (C=O) groups excluding carboxylic acids is 1. The molecule has 2 N–H and O–H groups in total. The fourth-order valence-electron chi connectivity index (χ4n) is 3.86. The Morgan fingerprint density at radius 3 is 2.69 bits per heavy atom. The molecule has 1 aliphatic heterocycles. The number of anilines is 2. The molecule has 3 aromatic rings.